The Labute approximate surface area is 224 Å². The molecule has 10 heteroatoms. The minimum Gasteiger partial charge on any atom is -0.452 e. The van der Waals surface area contributed by atoms with E-state index in [1.54, 1.807) is 54.6 Å². The summed E-state index contributed by atoms with van der Waals surface area (Å²) in [5.41, 5.74) is 0.338. The van der Waals surface area contributed by atoms with Gasteiger partial charge in [0.1, 0.15) is 12.3 Å². The van der Waals surface area contributed by atoms with Crippen LogP contribution in [0.4, 0.5) is 0 Å². The van der Waals surface area contributed by atoms with Gasteiger partial charge in [-0.05, 0) is 36.4 Å². The summed E-state index contributed by atoms with van der Waals surface area (Å²) in [6.45, 7) is 0.257. The first kappa shape index (κ1) is 28.7. The van der Waals surface area contributed by atoms with Crippen LogP contribution >= 0.6 is 0 Å². The predicted octanol–water partition coefficient (Wildman–Crippen LogP) is 2.36. The number of amides is 1. The largest absolute Gasteiger partial charge is 0.452 e. The van der Waals surface area contributed by atoms with Gasteiger partial charge < -0.3 is 29.4 Å². The van der Waals surface area contributed by atoms with E-state index in [-0.39, 0.29) is 16.7 Å². The minimum absolute atomic E-state index is 0.101. The Morgan fingerprint density at radius 3 is 1.44 bits per heavy atom. The van der Waals surface area contributed by atoms with Gasteiger partial charge in [-0.25, -0.2) is 14.4 Å². The van der Waals surface area contributed by atoms with Crippen molar-refractivity contribution in [1.29, 1.82) is 0 Å². The average Bonchev–Trinajstić information content (AvgIpc) is 2.97. The molecule has 0 spiro atoms. The van der Waals surface area contributed by atoms with Crippen LogP contribution in [0.25, 0.3) is 0 Å². The summed E-state index contributed by atoms with van der Waals surface area (Å²) < 4.78 is 16.7. The van der Waals surface area contributed by atoms with E-state index in [0.29, 0.717) is 6.29 Å². The molecule has 0 radical (unpaired) electrons. The highest BCUT2D eigenvalue weighted by atomic mass is 16.6. The fourth-order valence-electron chi connectivity index (χ4n) is 3.65. The Hall–Kier alpha value is -4.83. The Kier molecular flexibility index (Phi) is 10.5. The van der Waals surface area contributed by atoms with E-state index < -0.39 is 54.8 Å². The molecule has 0 unspecified atom stereocenters. The molecule has 3 aromatic carbocycles. The Morgan fingerprint density at radius 2 is 1.08 bits per heavy atom. The summed E-state index contributed by atoms with van der Waals surface area (Å²) in [7, 11) is 0. The molecular weight excluding hydrogens is 506 g/mol. The van der Waals surface area contributed by atoms with Gasteiger partial charge in [0.15, 0.2) is 18.3 Å². The lowest BCUT2D eigenvalue weighted by Crippen LogP contribution is -2.57. The van der Waals surface area contributed by atoms with Crippen molar-refractivity contribution in [3.05, 3.63) is 108 Å². The molecule has 202 valence electrons. The van der Waals surface area contributed by atoms with Gasteiger partial charge in [0, 0.05) is 6.92 Å². The smallest absolute Gasteiger partial charge is 0.338 e. The maximum absolute atomic E-state index is 13.1. The number of hydrogen-bond donors (Lipinski definition) is 2. The first-order valence-electron chi connectivity index (χ1n) is 12.0. The van der Waals surface area contributed by atoms with Crippen molar-refractivity contribution in [3.8, 4) is 0 Å². The molecule has 3 aromatic rings. The summed E-state index contributed by atoms with van der Waals surface area (Å²) >= 11 is 0. The normalized spacial score (nSPS) is 13.6. The second-order valence-electron chi connectivity index (χ2n) is 8.33. The number of aliphatic hydroxyl groups is 1. The predicted molar refractivity (Wildman–Crippen MR) is 138 cm³/mol. The number of benzene rings is 3. The van der Waals surface area contributed by atoms with Gasteiger partial charge in [-0.15, -0.1) is 0 Å². The molecule has 0 bridgehead atoms. The van der Waals surface area contributed by atoms with Crippen molar-refractivity contribution in [2.45, 2.75) is 31.3 Å². The van der Waals surface area contributed by atoms with Gasteiger partial charge >= 0.3 is 17.9 Å². The van der Waals surface area contributed by atoms with Crippen LogP contribution in [0.2, 0.25) is 0 Å². The van der Waals surface area contributed by atoms with Crippen molar-refractivity contribution >= 4 is 30.1 Å². The summed E-state index contributed by atoms with van der Waals surface area (Å²) in [5, 5.41) is 12.6. The molecule has 3 rings (SSSR count). The van der Waals surface area contributed by atoms with Crippen LogP contribution in [0, 0.1) is 0 Å². The highest BCUT2D eigenvalue weighted by Gasteiger charge is 2.43. The van der Waals surface area contributed by atoms with Crippen molar-refractivity contribution in [3.63, 3.8) is 0 Å². The number of carbonyl (C=O) groups excluding carboxylic acids is 5. The lowest BCUT2D eigenvalue weighted by Gasteiger charge is -2.34. The molecule has 0 heterocycles. The standard InChI is InChI=1S/C29H27NO9/c1-19(33)30-23(17-31)25(38-28(35)21-13-7-3-8-14-21)26(39-29(36)22-15-9-4-10-16-22)24(18-32)37-27(34)20-11-5-2-6-12-20/h2-17,23-26,32H,18H2,1H3,(H,30,33)/t23-,24-,25-,26-/m1/s1. The van der Waals surface area contributed by atoms with E-state index in [1.807, 2.05) is 0 Å². The van der Waals surface area contributed by atoms with Gasteiger partial charge in [0.05, 0.1) is 23.3 Å². The molecule has 39 heavy (non-hydrogen) atoms. The fourth-order valence-corrected chi connectivity index (χ4v) is 3.65. The molecule has 0 aliphatic carbocycles. The highest BCUT2D eigenvalue weighted by molar-refractivity contribution is 5.91. The van der Waals surface area contributed by atoms with E-state index in [2.05, 4.69) is 5.32 Å². The molecule has 0 fully saturated rings. The molecular formula is C29H27NO9. The fraction of sp³-hybridized carbons (Fsp3) is 0.207. The second-order valence-corrected chi connectivity index (χ2v) is 8.33. The van der Waals surface area contributed by atoms with Gasteiger partial charge in [-0.2, -0.15) is 0 Å². The van der Waals surface area contributed by atoms with Crippen molar-refractivity contribution < 1.29 is 43.3 Å². The Balaban J connectivity index is 2.03. The molecule has 4 atom stereocenters. The Morgan fingerprint density at radius 1 is 0.692 bits per heavy atom. The van der Waals surface area contributed by atoms with Crippen LogP contribution in [0.5, 0.6) is 0 Å². The summed E-state index contributed by atoms with van der Waals surface area (Å²) in [4.78, 5) is 62.9. The van der Waals surface area contributed by atoms with Crippen LogP contribution in [0.15, 0.2) is 91.0 Å². The highest BCUT2D eigenvalue weighted by Crippen LogP contribution is 2.21. The number of hydrogen-bond acceptors (Lipinski definition) is 9. The number of nitrogens with one attached hydrogen (secondary N) is 1. The number of aliphatic hydroxyl groups excluding tert-OH is 1. The third-order valence-electron chi connectivity index (χ3n) is 5.51. The summed E-state index contributed by atoms with van der Waals surface area (Å²) in [6, 6.07) is 21.8. The van der Waals surface area contributed by atoms with Gasteiger partial charge in [-0.3, -0.25) is 4.79 Å². The van der Waals surface area contributed by atoms with E-state index >= 15 is 0 Å². The van der Waals surface area contributed by atoms with Crippen LogP contribution < -0.4 is 5.32 Å². The van der Waals surface area contributed by atoms with E-state index in [9.17, 15) is 29.1 Å². The third kappa shape index (κ3) is 8.08. The van der Waals surface area contributed by atoms with Crippen LogP contribution in [-0.4, -0.2) is 66.2 Å². The summed E-state index contributed by atoms with van der Waals surface area (Å²) in [6.07, 6.45) is -4.73. The van der Waals surface area contributed by atoms with E-state index in [0.717, 1.165) is 6.92 Å². The zero-order valence-electron chi connectivity index (χ0n) is 21.0. The molecule has 1 amide bonds. The third-order valence-corrected chi connectivity index (χ3v) is 5.51. The molecule has 10 nitrogen and oxygen atoms in total. The van der Waals surface area contributed by atoms with Crippen molar-refractivity contribution in [2.75, 3.05) is 6.61 Å². The van der Waals surface area contributed by atoms with Gasteiger partial charge in [0.2, 0.25) is 5.91 Å². The van der Waals surface area contributed by atoms with Crippen LogP contribution in [-0.2, 0) is 23.8 Å². The average molecular weight is 534 g/mol. The first-order chi connectivity index (χ1) is 18.8. The number of rotatable bonds is 12. The molecule has 2 N–H and O–H groups in total. The van der Waals surface area contributed by atoms with E-state index in [4.69, 9.17) is 14.2 Å². The molecule has 0 aromatic heterocycles. The quantitative estimate of drug-likeness (QED) is 0.204. The molecule has 0 saturated carbocycles. The maximum Gasteiger partial charge on any atom is 0.338 e. The van der Waals surface area contributed by atoms with Crippen molar-refractivity contribution in [2.24, 2.45) is 0 Å². The molecule has 0 aliphatic heterocycles. The van der Waals surface area contributed by atoms with Gasteiger partial charge in [-0.1, -0.05) is 54.6 Å². The SMILES string of the molecule is CC(=O)N[C@H](C=O)[C@@H](OC(=O)c1ccccc1)[C@H](OC(=O)c1ccccc1)[C@@H](CO)OC(=O)c1ccccc1. The zero-order valence-corrected chi connectivity index (χ0v) is 21.0. The van der Waals surface area contributed by atoms with Gasteiger partial charge in [0.25, 0.3) is 0 Å². The van der Waals surface area contributed by atoms with Crippen LogP contribution in [0.3, 0.4) is 0 Å². The number of aldehydes is 1. The lowest BCUT2D eigenvalue weighted by molar-refractivity contribution is -0.132. The lowest BCUT2D eigenvalue weighted by atomic mass is 10.0. The maximum atomic E-state index is 13.1. The van der Waals surface area contributed by atoms with Crippen LogP contribution in [0.1, 0.15) is 38.0 Å². The monoisotopic (exact) mass is 533 g/mol. The zero-order chi connectivity index (χ0) is 28.2. The number of ether oxygens (including phenoxy) is 3. The number of carbonyl (C=O) groups is 5. The first-order valence-corrected chi connectivity index (χ1v) is 12.0. The molecule has 0 saturated heterocycles. The second kappa shape index (κ2) is 14.2. The number of esters is 3. The minimum atomic E-state index is -1.72. The molecule has 0 aliphatic rings. The van der Waals surface area contributed by atoms with E-state index in [1.165, 1.54) is 36.4 Å². The summed E-state index contributed by atoms with van der Waals surface area (Å²) in [5.74, 6) is -3.35. The Bertz CT molecular complexity index is 1270. The topological polar surface area (TPSA) is 145 Å². The van der Waals surface area contributed by atoms with Crippen molar-refractivity contribution in [1.82, 2.24) is 5.32 Å².